The zero-order chi connectivity index (χ0) is 20.9. The van der Waals surface area contributed by atoms with Crippen molar-refractivity contribution in [2.75, 3.05) is 52.3 Å². The molecule has 7 nitrogen and oxygen atoms in total. The molecule has 0 bridgehead atoms. The molecule has 4 rings (SSSR count). The van der Waals surface area contributed by atoms with E-state index in [2.05, 4.69) is 37.6 Å². The minimum Gasteiger partial charge on any atom is -0.493 e. The summed E-state index contributed by atoms with van der Waals surface area (Å²) in [6.45, 7) is 4.85. The Morgan fingerprint density at radius 3 is 2.57 bits per heavy atom. The highest BCUT2D eigenvalue weighted by Gasteiger charge is 2.22. The van der Waals surface area contributed by atoms with Gasteiger partial charge in [0, 0.05) is 51.6 Å². The predicted molar refractivity (Wildman–Crippen MR) is 122 cm³/mol. The molecule has 0 saturated carbocycles. The summed E-state index contributed by atoms with van der Waals surface area (Å²) in [5.41, 5.74) is 3.73. The predicted octanol–water partition coefficient (Wildman–Crippen LogP) is 2.94. The summed E-state index contributed by atoms with van der Waals surface area (Å²) >= 11 is 1.76. The molecule has 0 atom stereocenters. The molecular weight excluding hydrogens is 398 g/mol. The van der Waals surface area contributed by atoms with Gasteiger partial charge in [0.2, 0.25) is 0 Å². The first kappa shape index (κ1) is 20.8. The number of aromatic nitrogens is 1. The largest absolute Gasteiger partial charge is 0.493 e. The van der Waals surface area contributed by atoms with E-state index in [4.69, 9.17) is 14.5 Å². The lowest BCUT2D eigenvalue weighted by atomic mass is 9.99. The number of benzene rings is 1. The van der Waals surface area contributed by atoms with E-state index in [9.17, 15) is 0 Å². The first-order valence-corrected chi connectivity index (χ1v) is 11.5. The normalized spacial score (nSPS) is 16.6. The van der Waals surface area contributed by atoms with Gasteiger partial charge in [-0.15, -0.1) is 11.3 Å². The fourth-order valence-electron chi connectivity index (χ4n) is 4.16. The van der Waals surface area contributed by atoms with E-state index in [1.807, 2.05) is 7.05 Å². The molecule has 162 valence electrons. The van der Waals surface area contributed by atoms with Gasteiger partial charge in [-0.3, -0.25) is 4.99 Å². The summed E-state index contributed by atoms with van der Waals surface area (Å²) in [5, 5.41) is 6.88. The number of methoxy groups -OCH3 is 2. The second-order valence-corrected chi connectivity index (χ2v) is 8.52. The molecule has 1 N–H and O–H groups in total. The van der Waals surface area contributed by atoms with E-state index >= 15 is 0 Å². The molecule has 30 heavy (non-hydrogen) atoms. The molecule has 1 fully saturated rings. The molecule has 1 aromatic carbocycles. The zero-order valence-corrected chi connectivity index (χ0v) is 18.9. The van der Waals surface area contributed by atoms with Crippen LogP contribution in [-0.2, 0) is 19.4 Å². The van der Waals surface area contributed by atoms with Crippen LogP contribution in [-0.4, -0.2) is 63.3 Å². The number of thiazole rings is 1. The molecule has 8 heteroatoms. The number of nitrogens with zero attached hydrogens (tertiary/aromatic N) is 4. The van der Waals surface area contributed by atoms with Crippen molar-refractivity contribution in [3.8, 4) is 11.5 Å². The van der Waals surface area contributed by atoms with Gasteiger partial charge in [0.15, 0.2) is 22.6 Å². The number of guanidine groups is 1. The van der Waals surface area contributed by atoms with Gasteiger partial charge in [0.05, 0.1) is 19.9 Å². The summed E-state index contributed by atoms with van der Waals surface area (Å²) in [6.07, 6.45) is 4.43. The van der Waals surface area contributed by atoms with Crippen molar-refractivity contribution < 1.29 is 9.47 Å². The standard InChI is InChI=1S/C22H31N5O2S/c1-23-21(24-8-6-18-15-30-22(25-18)26-9-4-5-10-26)27-11-7-16-12-19(28-2)20(29-3)13-17(16)14-27/h12-13,15H,4-11,14H2,1-3H3,(H,23,24). The number of nitrogens with one attached hydrogen (secondary N) is 1. The average molecular weight is 430 g/mol. The van der Waals surface area contributed by atoms with E-state index < -0.39 is 0 Å². The zero-order valence-electron chi connectivity index (χ0n) is 18.1. The van der Waals surface area contributed by atoms with Crippen molar-refractivity contribution in [2.24, 2.45) is 4.99 Å². The van der Waals surface area contributed by atoms with Gasteiger partial charge >= 0.3 is 0 Å². The summed E-state index contributed by atoms with van der Waals surface area (Å²) < 4.78 is 10.9. The third-order valence-electron chi connectivity index (χ3n) is 5.81. The molecule has 3 heterocycles. The van der Waals surface area contributed by atoms with E-state index in [0.29, 0.717) is 0 Å². The van der Waals surface area contributed by atoms with Crippen LogP contribution in [0.25, 0.3) is 0 Å². The summed E-state index contributed by atoms with van der Waals surface area (Å²) in [7, 11) is 5.21. The third-order valence-corrected chi connectivity index (χ3v) is 6.76. The Kier molecular flexibility index (Phi) is 6.62. The highest BCUT2D eigenvalue weighted by Crippen LogP contribution is 2.33. The van der Waals surface area contributed by atoms with Crippen molar-refractivity contribution >= 4 is 22.4 Å². The Balaban J connectivity index is 1.34. The van der Waals surface area contributed by atoms with Crippen molar-refractivity contribution in [3.63, 3.8) is 0 Å². The molecular formula is C22H31N5O2S. The van der Waals surface area contributed by atoms with Crippen LogP contribution in [0.3, 0.4) is 0 Å². The second kappa shape index (κ2) is 9.55. The molecule has 1 saturated heterocycles. The molecule has 2 aliphatic heterocycles. The minimum atomic E-state index is 0.776. The van der Waals surface area contributed by atoms with Gasteiger partial charge in [0.1, 0.15) is 0 Å². The first-order valence-electron chi connectivity index (χ1n) is 10.6. The lowest BCUT2D eigenvalue weighted by Crippen LogP contribution is -2.44. The number of hydrogen-bond donors (Lipinski definition) is 1. The molecule has 2 aromatic rings. The topological polar surface area (TPSA) is 62.2 Å². The number of fused-ring (bicyclic) bond motifs is 1. The van der Waals surface area contributed by atoms with Crippen LogP contribution >= 0.6 is 11.3 Å². The number of anilines is 1. The SMILES string of the molecule is CN=C(NCCc1csc(N2CCCC2)n1)N1CCc2cc(OC)c(OC)cc2C1. The van der Waals surface area contributed by atoms with E-state index in [0.717, 1.165) is 68.7 Å². The van der Waals surface area contributed by atoms with Gasteiger partial charge in [-0.25, -0.2) is 4.98 Å². The Hall–Kier alpha value is -2.48. The van der Waals surface area contributed by atoms with Gasteiger partial charge in [0.25, 0.3) is 0 Å². The Bertz CT molecular complexity index is 892. The maximum atomic E-state index is 5.48. The third kappa shape index (κ3) is 4.48. The van der Waals surface area contributed by atoms with Crippen LogP contribution in [0.2, 0.25) is 0 Å². The van der Waals surface area contributed by atoms with Crippen molar-refractivity contribution in [2.45, 2.75) is 32.2 Å². The minimum absolute atomic E-state index is 0.776. The molecule has 1 aromatic heterocycles. The van der Waals surface area contributed by atoms with Crippen molar-refractivity contribution in [3.05, 3.63) is 34.3 Å². The molecule has 0 spiro atoms. The number of ether oxygens (including phenoxy) is 2. The molecule has 0 unspecified atom stereocenters. The van der Waals surface area contributed by atoms with E-state index in [1.54, 1.807) is 25.6 Å². The van der Waals surface area contributed by atoms with Gasteiger partial charge < -0.3 is 24.6 Å². The monoisotopic (exact) mass is 429 g/mol. The Labute approximate surface area is 182 Å². The van der Waals surface area contributed by atoms with Crippen LogP contribution in [0.1, 0.15) is 29.7 Å². The fourth-order valence-corrected chi connectivity index (χ4v) is 5.08. The van der Waals surface area contributed by atoms with Gasteiger partial charge in [-0.05, 0) is 42.5 Å². The smallest absolute Gasteiger partial charge is 0.193 e. The second-order valence-electron chi connectivity index (χ2n) is 7.69. The maximum absolute atomic E-state index is 5.48. The Morgan fingerprint density at radius 2 is 1.87 bits per heavy atom. The number of hydrogen-bond acceptors (Lipinski definition) is 6. The van der Waals surface area contributed by atoms with Crippen LogP contribution in [0.15, 0.2) is 22.5 Å². The summed E-state index contributed by atoms with van der Waals surface area (Å²) in [4.78, 5) is 14.0. The lowest BCUT2D eigenvalue weighted by Gasteiger charge is -2.32. The van der Waals surface area contributed by atoms with E-state index in [1.165, 1.54) is 29.1 Å². The summed E-state index contributed by atoms with van der Waals surface area (Å²) in [6, 6.07) is 4.19. The van der Waals surface area contributed by atoms with Crippen LogP contribution in [0, 0.1) is 0 Å². The maximum Gasteiger partial charge on any atom is 0.193 e. The van der Waals surface area contributed by atoms with Crippen LogP contribution < -0.4 is 19.7 Å². The highest BCUT2D eigenvalue weighted by molar-refractivity contribution is 7.13. The highest BCUT2D eigenvalue weighted by atomic mass is 32.1. The average Bonchev–Trinajstić information content (AvgIpc) is 3.47. The molecule has 0 aliphatic carbocycles. The molecule has 0 amide bonds. The van der Waals surface area contributed by atoms with Crippen LogP contribution in [0.4, 0.5) is 5.13 Å². The van der Waals surface area contributed by atoms with Crippen molar-refractivity contribution in [1.29, 1.82) is 0 Å². The van der Waals surface area contributed by atoms with Gasteiger partial charge in [-0.1, -0.05) is 0 Å². The fraction of sp³-hybridized carbons (Fsp3) is 0.545. The Morgan fingerprint density at radius 1 is 1.13 bits per heavy atom. The quantitative estimate of drug-likeness (QED) is 0.563. The number of aliphatic imine (C=N–C) groups is 1. The van der Waals surface area contributed by atoms with E-state index in [-0.39, 0.29) is 0 Å². The summed E-state index contributed by atoms with van der Waals surface area (Å²) in [5.74, 6) is 2.51. The number of rotatable bonds is 6. The molecule has 0 radical (unpaired) electrons. The molecule has 2 aliphatic rings. The van der Waals surface area contributed by atoms with Crippen molar-refractivity contribution in [1.82, 2.24) is 15.2 Å². The van der Waals surface area contributed by atoms with Gasteiger partial charge in [-0.2, -0.15) is 0 Å². The lowest BCUT2D eigenvalue weighted by molar-refractivity contribution is 0.346. The van der Waals surface area contributed by atoms with Crippen LogP contribution in [0.5, 0.6) is 11.5 Å². The first-order chi connectivity index (χ1) is 14.7.